The molecular formula is C13H23NO3. The van der Waals surface area contributed by atoms with Gasteiger partial charge in [-0.25, -0.2) is 0 Å². The van der Waals surface area contributed by atoms with E-state index in [0.717, 1.165) is 12.8 Å². The first-order valence-electron chi connectivity index (χ1n) is 6.20. The number of hydrogen-bond acceptors (Lipinski definition) is 2. The molecule has 0 spiro atoms. The van der Waals surface area contributed by atoms with Crippen LogP contribution in [0.5, 0.6) is 0 Å². The number of carbonyl (C=O) groups excluding carboxylic acids is 1. The fourth-order valence-corrected chi connectivity index (χ4v) is 1.63. The molecule has 2 unspecified atom stereocenters. The maximum atomic E-state index is 10.6. The van der Waals surface area contributed by atoms with Gasteiger partial charge in [0.1, 0.15) is 0 Å². The molecule has 2 N–H and O–H groups in total. The Labute approximate surface area is 103 Å². The van der Waals surface area contributed by atoms with Gasteiger partial charge in [0.2, 0.25) is 6.41 Å². The third kappa shape index (κ3) is 8.48. The minimum absolute atomic E-state index is 0.0397. The number of nitrogens with one attached hydrogen (secondary N) is 1. The highest BCUT2D eigenvalue weighted by molar-refractivity contribution is 5.68. The molecule has 0 aromatic rings. The monoisotopic (exact) mass is 241 g/mol. The Morgan fingerprint density at radius 1 is 1.41 bits per heavy atom. The summed E-state index contributed by atoms with van der Waals surface area (Å²) in [6, 6.07) is -0.326. The smallest absolute Gasteiger partial charge is 0.305 e. The Balaban J connectivity index is 4.06. The van der Waals surface area contributed by atoms with E-state index in [2.05, 4.69) is 18.3 Å². The van der Waals surface area contributed by atoms with Gasteiger partial charge in [0.05, 0.1) is 6.42 Å². The molecule has 1 amide bonds. The molecule has 2 atom stereocenters. The molecule has 17 heavy (non-hydrogen) atoms. The first kappa shape index (κ1) is 15.7. The van der Waals surface area contributed by atoms with E-state index in [-0.39, 0.29) is 18.4 Å². The molecule has 0 rings (SSSR count). The minimum atomic E-state index is -0.893. The molecule has 0 saturated heterocycles. The van der Waals surface area contributed by atoms with E-state index < -0.39 is 5.97 Å². The van der Waals surface area contributed by atoms with Gasteiger partial charge in [0.15, 0.2) is 0 Å². The van der Waals surface area contributed by atoms with Gasteiger partial charge in [-0.2, -0.15) is 0 Å². The maximum Gasteiger partial charge on any atom is 0.305 e. The normalized spacial score (nSPS) is 14.5. The second-order valence-electron chi connectivity index (χ2n) is 4.27. The molecule has 98 valence electrons. The minimum Gasteiger partial charge on any atom is -0.481 e. The number of unbranched alkanes of at least 4 members (excludes halogenated alkanes) is 3. The average Bonchev–Trinajstić information content (AvgIpc) is 2.27. The van der Waals surface area contributed by atoms with Crippen molar-refractivity contribution in [1.29, 1.82) is 0 Å². The molecule has 0 aromatic heterocycles. The molecule has 4 nitrogen and oxygen atoms in total. The van der Waals surface area contributed by atoms with Crippen molar-refractivity contribution in [1.82, 2.24) is 5.32 Å². The first-order chi connectivity index (χ1) is 8.11. The lowest BCUT2D eigenvalue weighted by Crippen LogP contribution is -2.35. The summed E-state index contributed by atoms with van der Waals surface area (Å²) in [7, 11) is 0. The highest BCUT2D eigenvalue weighted by atomic mass is 16.4. The number of hydrogen-bond donors (Lipinski definition) is 2. The van der Waals surface area contributed by atoms with Crippen molar-refractivity contribution in [3.8, 4) is 0 Å². The van der Waals surface area contributed by atoms with Crippen LogP contribution in [0.3, 0.4) is 0 Å². The highest BCUT2D eigenvalue weighted by Crippen LogP contribution is 2.10. The van der Waals surface area contributed by atoms with Crippen molar-refractivity contribution < 1.29 is 14.7 Å². The van der Waals surface area contributed by atoms with Crippen LogP contribution in [-0.2, 0) is 9.59 Å². The number of aliphatic carboxylic acids is 1. The SMILES string of the molecule is CCCCC/C=C\C(C)C(CC(=O)O)NC=O. The van der Waals surface area contributed by atoms with E-state index in [9.17, 15) is 9.59 Å². The van der Waals surface area contributed by atoms with Gasteiger partial charge in [-0.15, -0.1) is 0 Å². The molecule has 0 aliphatic rings. The number of amides is 1. The number of carbonyl (C=O) groups is 2. The third-order valence-corrected chi connectivity index (χ3v) is 2.73. The molecule has 0 saturated carbocycles. The Kier molecular flexibility index (Phi) is 9.11. The Hall–Kier alpha value is -1.32. The van der Waals surface area contributed by atoms with Gasteiger partial charge >= 0.3 is 5.97 Å². The van der Waals surface area contributed by atoms with Gasteiger partial charge in [-0.3, -0.25) is 9.59 Å². The highest BCUT2D eigenvalue weighted by Gasteiger charge is 2.17. The molecule has 0 aromatic carbocycles. The van der Waals surface area contributed by atoms with E-state index in [0.29, 0.717) is 6.41 Å². The molecule has 0 radical (unpaired) electrons. The van der Waals surface area contributed by atoms with E-state index in [4.69, 9.17) is 5.11 Å². The van der Waals surface area contributed by atoms with Crippen molar-refractivity contribution in [2.24, 2.45) is 5.92 Å². The third-order valence-electron chi connectivity index (χ3n) is 2.73. The summed E-state index contributed by atoms with van der Waals surface area (Å²) in [5.41, 5.74) is 0. The molecule has 0 heterocycles. The van der Waals surface area contributed by atoms with Gasteiger partial charge in [0.25, 0.3) is 0 Å². The topological polar surface area (TPSA) is 66.4 Å². The van der Waals surface area contributed by atoms with Gasteiger partial charge < -0.3 is 10.4 Å². The summed E-state index contributed by atoms with van der Waals surface area (Å²) in [5, 5.41) is 11.3. The van der Waals surface area contributed by atoms with Crippen LogP contribution in [0, 0.1) is 5.92 Å². The summed E-state index contributed by atoms with van der Waals surface area (Å²) in [6.45, 7) is 4.07. The van der Waals surface area contributed by atoms with E-state index in [1.54, 1.807) is 0 Å². The van der Waals surface area contributed by atoms with Crippen molar-refractivity contribution in [3.63, 3.8) is 0 Å². The second kappa shape index (κ2) is 9.87. The first-order valence-corrected chi connectivity index (χ1v) is 6.20. The quantitative estimate of drug-likeness (QED) is 0.350. The summed E-state index contributed by atoms with van der Waals surface area (Å²) in [5.74, 6) is -0.853. The number of rotatable bonds is 10. The average molecular weight is 241 g/mol. The molecule has 0 aliphatic heterocycles. The standard InChI is InChI=1S/C13H23NO3/c1-3-4-5-6-7-8-11(2)12(14-10-15)9-13(16)17/h7-8,10-12H,3-6,9H2,1-2H3,(H,14,15)(H,16,17)/b8-7-. The fraction of sp³-hybridized carbons (Fsp3) is 0.692. The number of allylic oxidation sites excluding steroid dienone is 1. The molecule has 0 bridgehead atoms. The summed E-state index contributed by atoms with van der Waals surface area (Å²) >= 11 is 0. The Morgan fingerprint density at radius 3 is 2.65 bits per heavy atom. The summed E-state index contributed by atoms with van der Waals surface area (Å²) in [6.07, 6.45) is 9.15. The van der Waals surface area contributed by atoms with Crippen LogP contribution in [0.2, 0.25) is 0 Å². The zero-order chi connectivity index (χ0) is 13.1. The van der Waals surface area contributed by atoms with Crippen LogP contribution in [0.4, 0.5) is 0 Å². The second-order valence-corrected chi connectivity index (χ2v) is 4.27. The Bertz CT molecular complexity index is 251. The molecule has 4 heteroatoms. The van der Waals surface area contributed by atoms with Crippen LogP contribution >= 0.6 is 0 Å². The van der Waals surface area contributed by atoms with Crippen molar-refractivity contribution in [2.45, 2.75) is 52.0 Å². The molecule has 0 fully saturated rings. The zero-order valence-electron chi connectivity index (χ0n) is 10.7. The van der Waals surface area contributed by atoms with Crippen molar-refractivity contribution >= 4 is 12.4 Å². The summed E-state index contributed by atoms with van der Waals surface area (Å²) < 4.78 is 0. The number of carboxylic acid groups (broad SMARTS) is 1. The zero-order valence-corrected chi connectivity index (χ0v) is 10.7. The van der Waals surface area contributed by atoms with Crippen LogP contribution in [0.1, 0.15) is 46.0 Å². The van der Waals surface area contributed by atoms with E-state index in [1.165, 1.54) is 12.8 Å². The van der Waals surface area contributed by atoms with E-state index >= 15 is 0 Å². The number of carboxylic acids is 1. The van der Waals surface area contributed by atoms with Crippen LogP contribution in [0.15, 0.2) is 12.2 Å². The lowest BCUT2D eigenvalue weighted by Gasteiger charge is -2.18. The summed E-state index contributed by atoms with van der Waals surface area (Å²) in [4.78, 5) is 21.0. The van der Waals surface area contributed by atoms with Gasteiger partial charge in [-0.05, 0) is 18.8 Å². The van der Waals surface area contributed by atoms with Crippen LogP contribution in [0.25, 0.3) is 0 Å². The van der Waals surface area contributed by atoms with Crippen molar-refractivity contribution in [2.75, 3.05) is 0 Å². The Morgan fingerprint density at radius 2 is 2.12 bits per heavy atom. The fourth-order valence-electron chi connectivity index (χ4n) is 1.63. The van der Waals surface area contributed by atoms with Gasteiger partial charge in [-0.1, -0.05) is 38.8 Å². The lowest BCUT2D eigenvalue weighted by atomic mass is 9.98. The van der Waals surface area contributed by atoms with E-state index in [1.807, 2.05) is 13.0 Å². The predicted molar refractivity (Wildman–Crippen MR) is 67.7 cm³/mol. The van der Waals surface area contributed by atoms with Gasteiger partial charge in [0, 0.05) is 6.04 Å². The lowest BCUT2D eigenvalue weighted by molar-refractivity contribution is -0.137. The largest absolute Gasteiger partial charge is 0.481 e. The maximum absolute atomic E-state index is 10.6. The van der Waals surface area contributed by atoms with Crippen LogP contribution in [-0.4, -0.2) is 23.5 Å². The van der Waals surface area contributed by atoms with Crippen molar-refractivity contribution in [3.05, 3.63) is 12.2 Å². The molecule has 0 aliphatic carbocycles. The van der Waals surface area contributed by atoms with Crippen LogP contribution < -0.4 is 5.32 Å². The molecular weight excluding hydrogens is 218 g/mol. The predicted octanol–water partition coefficient (Wildman–Crippen LogP) is 2.35.